The molecule has 0 bridgehead atoms. The second kappa shape index (κ2) is 7.52. The Hall–Kier alpha value is -0.231. The van der Waals surface area contributed by atoms with Crippen molar-refractivity contribution in [3.8, 4) is 0 Å². The molecule has 2 heterocycles. The summed E-state index contributed by atoms with van der Waals surface area (Å²) in [5, 5.41) is 0. The minimum absolute atomic E-state index is 1.06. The van der Waals surface area contributed by atoms with Crippen molar-refractivity contribution >= 4 is 35.8 Å². The Morgan fingerprint density at radius 2 is 1.21 bits per heavy atom. The molecule has 0 saturated heterocycles. The van der Waals surface area contributed by atoms with E-state index in [0.717, 1.165) is 12.8 Å². The van der Waals surface area contributed by atoms with Crippen LogP contribution in [0.15, 0.2) is 49.1 Å². The minimum atomic E-state index is -1.06. The van der Waals surface area contributed by atoms with Crippen molar-refractivity contribution in [1.82, 2.24) is 9.97 Å². The van der Waals surface area contributed by atoms with Gasteiger partial charge in [0.1, 0.15) is 0 Å². The number of hydrogen-bond acceptors (Lipinski definition) is 2. The predicted molar refractivity (Wildman–Crippen MR) is 84.0 cm³/mol. The van der Waals surface area contributed by atoms with Gasteiger partial charge in [-0.3, -0.25) is 0 Å². The Morgan fingerprint density at radius 1 is 0.842 bits per heavy atom. The summed E-state index contributed by atoms with van der Waals surface area (Å²) >= 11 is 6.84. The van der Waals surface area contributed by atoms with E-state index in [4.69, 9.17) is 0 Å². The molecule has 0 aliphatic carbocycles. The fraction of sp³-hybridized carbons (Fsp3) is 0.286. The molecule has 1 radical (unpaired) electrons. The maximum absolute atomic E-state index is 4.05. The van der Waals surface area contributed by atoms with Crippen molar-refractivity contribution in [2.24, 2.45) is 0 Å². The SMILES string of the molecule is [Se][P+]([Se-])(CCc1ccncc1)CCc1ccncc1. The van der Waals surface area contributed by atoms with Crippen molar-refractivity contribution in [3.63, 3.8) is 0 Å². The van der Waals surface area contributed by atoms with E-state index in [1.54, 1.807) is 0 Å². The van der Waals surface area contributed by atoms with E-state index < -0.39 is 4.64 Å². The topological polar surface area (TPSA) is 25.8 Å². The van der Waals surface area contributed by atoms with Crippen LogP contribution in [0.4, 0.5) is 0 Å². The average Bonchev–Trinajstić information content (AvgIpc) is 2.46. The molecule has 2 aromatic heterocycles. The third-order valence-corrected chi connectivity index (χ3v) is 9.39. The van der Waals surface area contributed by atoms with Crippen LogP contribution in [0.2, 0.25) is 0 Å². The van der Waals surface area contributed by atoms with E-state index >= 15 is 0 Å². The van der Waals surface area contributed by atoms with Gasteiger partial charge in [-0.25, -0.2) is 0 Å². The monoisotopic (exact) mass is 403 g/mol. The second-order valence-electron chi connectivity index (χ2n) is 4.47. The number of hydrogen-bond donors (Lipinski definition) is 0. The average molecular weight is 401 g/mol. The molecule has 0 spiro atoms. The Kier molecular flexibility index (Phi) is 6.01. The van der Waals surface area contributed by atoms with Gasteiger partial charge in [0.2, 0.25) is 0 Å². The fourth-order valence-corrected chi connectivity index (χ4v) is 5.53. The zero-order chi connectivity index (χ0) is 13.6. The summed E-state index contributed by atoms with van der Waals surface area (Å²) < 4.78 is -1.06. The van der Waals surface area contributed by atoms with Crippen LogP contribution in [0, 0.1) is 0 Å². The van der Waals surface area contributed by atoms with Gasteiger partial charge in [0.15, 0.2) is 0 Å². The molecule has 0 aliphatic rings. The molecule has 0 unspecified atom stereocenters. The molecular weight excluding hydrogens is 385 g/mol. The Balaban J connectivity index is 1.82. The van der Waals surface area contributed by atoms with Gasteiger partial charge in [0.25, 0.3) is 0 Å². The molecule has 0 aliphatic heterocycles. The van der Waals surface area contributed by atoms with Crippen LogP contribution in [0.3, 0.4) is 0 Å². The maximum atomic E-state index is 4.05. The summed E-state index contributed by atoms with van der Waals surface area (Å²) in [5.41, 5.74) is 2.74. The summed E-state index contributed by atoms with van der Waals surface area (Å²) in [4.78, 5) is 8.11. The Morgan fingerprint density at radius 3 is 1.58 bits per heavy atom. The van der Waals surface area contributed by atoms with E-state index in [9.17, 15) is 0 Å². The number of rotatable bonds is 6. The Labute approximate surface area is 131 Å². The van der Waals surface area contributed by atoms with Crippen molar-refractivity contribution in [1.29, 1.82) is 0 Å². The first-order valence-electron chi connectivity index (χ1n) is 6.23. The van der Waals surface area contributed by atoms with Crippen molar-refractivity contribution in [2.45, 2.75) is 12.8 Å². The van der Waals surface area contributed by atoms with Crippen molar-refractivity contribution < 1.29 is 0 Å². The molecule has 99 valence electrons. The molecule has 5 heteroatoms. The zero-order valence-electron chi connectivity index (χ0n) is 10.6. The van der Waals surface area contributed by atoms with Crippen LogP contribution in [-0.4, -0.2) is 53.4 Å². The third-order valence-electron chi connectivity index (χ3n) is 2.98. The number of nitrogens with zero attached hydrogens (tertiary/aromatic N) is 2. The van der Waals surface area contributed by atoms with Gasteiger partial charge < -0.3 is 0 Å². The van der Waals surface area contributed by atoms with Gasteiger partial charge in [0.05, 0.1) is 0 Å². The van der Waals surface area contributed by atoms with E-state index in [1.807, 2.05) is 24.8 Å². The van der Waals surface area contributed by atoms with Crippen LogP contribution in [0.5, 0.6) is 0 Å². The molecule has 0 fully saturated rings. The van der Waals surface area contributed by atoms with Crippen LogP contribution in [0.1, 0.15) is 11.1 Å². The first-order chi connectivity index (χ1) is 9.16. The fourth-order valence-electron chi connectivity index (χ4n) is 1.81. The van der Waals surface area contributed by atoms with E-state index in [0.29, 0.717) is 0 Å². The van der Waals surface area contributed by atoms with Crippen LogP contribution in [-0.2, 0) is 12.8 Å². The summed E-state index contributed by atoms with van der Waals surface area (Å²) in [7, 11) is 0. The summed E-state index contributed by atoms with van der Waals surface area (Å²) in [6.07, 6.45) is 12.1. The van der Waals surface area contributed by atoms with E-state index in [-0.39, 0.29) is 0 Å². The normalized spacial score (nSPS) is 11.5. The van der Waals surface area contributed by atoms with E-state index in [1.165, 1.54) is 23.5 Å². The van der Waals surface area contributed by atoms with Crippen LogP contribution >= 0.6 is 4.64 Å². The molecule has 0 aromatic carbocycles. The molecule has 0 saturated carbocycles. The number of pyridine rings is 2. The van der Waals surface area contributed by atoms with Gasteiger partial charge in [-0.15, -0.1) is 0 Å². The molecule has 0 amide bonds. The Bertz CT molecular complexity index is 446. The quantitative estimate of drug-likeness (QED) is 0.549. The van der Waals surface area contributed by atoms with Gasteiger partial charge in [-0.1, -0.05) is 0 Å². The molecule has 2 nitrogen and oxygen atoms in total. The zero-order valence-corrected chi connectivity index (χ0v) is 14.9. The van der Waals surface area contributed by atoms with Crippen LogP contribution < -0.4 is 0 Å². The molecule has 0 N–H and O–H groups in total. The van der Waals surface area contributed by atoms with Gasteiger partial charge in [-0.2, -0.15) is 0 Å². The van der Waals surface area contributed by atoms with Crippen molar-refractivity contribution in [2.75, 3.05) is 12.3 Å². The standard InChI is InChI=1S/C14H16N2PSe2/c18-17(19,11-5-13-1-7-15-8-2-13)12-6-14-3-9-16-10-4-14/h1-4,7-10H,5-6,11-12H2. The molecular formula is C14H16N2PSe2. The predicted octanol–water partition coefficient (Wildman–Crippen LogP) is 2.45. The second-order valence-corrected chi connectivity index (χ2v) is 19.3. The number of aromatic nitrogens is 2. The van der Waals surface area contributed by atoms with Crippen LogP contribution in [0.25, 0.3) is 0 Å². The molecule has 19 heavy (non-hydrogen) atoms. The van der Waals surface area contributed by atoms with Crippen molar-refractivity contribution in [3.05, 3.63) is 60.2 Å². The molecule has 2 aromatic rings. The summed E-state index contributed by atoms with van der Waals surface area (Å²) in [5.74, 6) is 0. The molecule has 2 rings (SSSR count). The first-order valence-corrected chi connectivity index (χ1v) is 12.8. The summed E-state index contributed by atoms with van der Waals surface area (Å²) in [6, 6.07) is 8.40. The van der Waals surface area contributed by atoms with Gasteiger partial charge in [-0.05, 0) is 0 Å². The van der Waals surface area contributed by atoms with Gasteiger partial charge in [0, 0.05) is 0 Å². The summed E-state index contributed by atoms with van der Waals surface area (Å²) in [6.45, 7) is 0. The number of aryl methyl sites for hydroxylation is 2. The first kappa shape index (κ1) is 15.2. The molecule has 0 atom stereocenters. The van der Waals surface area contributed by atoms with E-state index in [2.05, 4.69) is 65.4 Å². The third kappa shape index (κ3) is 5.73. The van der Waals surface area contributed by atoms with Gasteiger partial charge >= 0.3 is 131 Å².